The van der Waals surface area contributed by atoms with Crippen LogP contribution in [0.3, 0.4) is 0 Å². The number of nitrogens with one attached hydrogen (secondary N) is 1. The van der Waals surface area contributed by atoms with Crippen molar-refractivity contribution in [3.63, 3.8) is 0 Å². The van der Waals surface area contributed by atoms with Gasteiger partial charge in [0.2, 0.25) is 5.82 Å². The normalized spacial score (nSPS) is 10.9. The van der Waals surface area contributed by atoms with Crippen LogP contribution in [0.5, 0.6) is 0 Å². The summed E-state index contributed by atoms with van der Waals surface area (Å²) in [6, 6.07) is 0.700. The van der Waals surface area contributed by atoms with Gasteiger partial charge in [0.25, 0.3) is 0 Å². The molecule has 0 atom stereocenters. The summed E-state index contributed by atoms with van der Waals surface area (Å²) in [5, 5.41) is 6.90. The molecule has 6 heteroatoms. The molecule has 0 aliphatic carbocycles. The fraction of sp³-hybridized carbons (Fsp3) is 0.444. The van der Waals surface area contributed by atoms with Crippen molar-refractivity contribution >= 4 is 6.01 Å². The summed E-state index contributed by atoms with van der Waals surface area (Å²) in [6.45, 7) is 4.02. The van der Waals surface area contributed by atoms with Crippen LogP contribution >= 0.6 is 0 Å². The van der Waals surface area contributed by atoms with Crippen LogP contribution in [0.15, 0.2) is 17.0 Å². The molecule has 2 rings (SSSR count). The van der Waals surface area contributed by atoms with Gasteiger partial charge in [-0.15, -0.1) is 0 Å². The molecule has 0 aromatic carbocycles. The van der Waals surface area contributed by atoms with E-state index in [0.29, 0.717) is 11.8 Å². The molecular weight excluding hydrogens is 194 g/mol. The summed E-state index contributed by atoms with van der Waals surface area (Å²) >= 11 is 0. The Bertz CT molecular complexity index is 445. The molecule has 0 aliphatic rings. The van der Waals surface area contributed by atoms with Gasteiger partial charge < -0.3 is 14.4 Å². The maximum atomic E-state index is 5.04. The first-order valence-electron chi connectivity index (χ1n) is 4.73. The fourth-order valence-corrected chi connectivity index (χ4v) is 1.21. The highest BCUT2D eigenvalue weighted by molar-refractivity contribution is 5.49. The van der Waals surface area contributed by atoms with E-state index < -0.39 is 0 Å². The average molecular weight is 207 g/mol. The Balaban J connectivity index is 2.24. The van der Waals surface area contributed by atoms with E-state index in [0.717, 1.165) is 5.69 Å². The van der Waals surface area contributed by atoms with Crippen LogP contribution in [0, 0.1) is 0 Å². The summed E-state index contributed by atoms with van der Waals surface area (Å²) < 4.78 is 6.88. The molecule has 0 aliphatic heterocycles. The minimum atomic E-state index is 0.268. The molecule has 0 saturated carbocycles. The minimum Gasteiger partial charge on any atom is -0.336 e. The predicted octanol–water partition coefficient (Wildman–Crippen LogP) is 1.29. The number of hydrogen-bond acceptors (Lipinski definition) is 5. The molecular formula is C9H13N5O. The third-order valence-corrected chi connectivity index (χ3v) is 1.88. The SMILES string of the molecule is CC(C)Nc1nc(-c2cncn2C)no1. The van der Waals surface area contributed by atoms with Gasteiger partial charge in [-0.25, -0.2) is 4.98 Å². The molecule has 15 heavy (non-hydrogen) atoms. The van der Waals surface area contributed by atoms with Crippen molar-refractivity contribution in [3.05, 3.63) is 12.5 Å². The summed E-state index contributed by atoms with van der Waals surface area (Å²) in [6.07, 6.45) is 3.39. The molecule has 80 valence electrons. The predicted molar refractivity (Wildman–Crippen MR) is 55.3 cm³/mol. The van der Waals surface area contributed by atoms with E-state index in [2.05, 4.69) is 20.4 Å². The van der Waals surface area contributed by atoms with E-state index in [9.17, 15) is 0 Å². The van der Waals surface area contributed by atoms with Gasteiger partial charge in [-0.3, -0.25) is 0 Å². The second-order valence-corrected chi connectivity index (χ2v) is 3.61. The molecule has 1 N–H and O–H groups in total. The fourth-order valence-electron chi connectivity index (χ4n) is 1.21. The number of nitrogens with zero attached hydrogens (tertiary/aromatic N) is 4. The monoisotopic (exact) mass is 207 g/mol. The largest absolute Gasteiger partial charge is 0.336 e. The second kappa shape index (κ2) is 3.72. The van der Waals surface area contributed by atoms with Gasteiger partial charge in [-0.05, 0) is 13.8 Å². The second-order valence-electron chi connectivity index (χ2n) is 3.61. The van der Waals surface area contributed by atoms with E-state index in [1.54, 1.807) is 12.5 Å². The standard InChI is InChI=1S/C9H13N5O/c1-6(2)11-9-12-8(13-15-9)7-4-10-5-14(7)3/h4-6H,1-3H3,(H,11,12,13). The van der Waals surface area contributed by atoms with Gasteiger partial charge in [-0.1, -0.05) is 5.16 Å². The lowest BCUT2D eigenvalue weighted by Crippen LogP contribution is -2.09. The van der Waals surface area contributed by atoms with E-state index in [1.165, 1.54) is 0 Å². The van der Waals surface area contributed by atoms with Crippen molar-refractivity contribution in [1.29, 1.82) is 0 Å². The lowest BCUT2D eigenvalue weighted by Gasteiger charge is -2.01. The summed E-state index contributed by atoms with van der Waals surface area (Å²) in [5.74, 6) is 0.540. The molecule has 0 saturated heterocycles. The molecule has 6 nitrogen and oxygen atoms in total. The first-order chi connectivity index (χ1) is 7.16. The van der Waals surface area contributed by atoms with E-state index >= 15 is 0 Å². The van der Waals surface area contributed by atoms with Crippen molar-refractivity contribution in [2.75, 3.05) is 5.32 Å². The highest BCUT2D eigenvalue weighted by Crippen LogP contribution is 2.16. The molecule has 0 amide bonds. The Morgan fingerprint density at radius 3 is 2.87 bits per heavy atom. The minimum absolute atomic E-state index is 0.268. The van der Waals surface area contributed by atoms with Gasteiger partial charge in [0.1, 0.15) is 5.69 Å². The van der Waals surface area contributed by atoms with Crippen LogP contribution in [0.1, 0.15) is 13.8 Å². The van der Waals surface area contributed by atoms with E-state index in [-0.39, 0.29) is 6.04 Å². The Morgan fingerprint density at radius 2 is 2.27 bits per heavy atom. The Morgan fingerprint density at radius 1 is 1.47 bits per heavy atom. The molecule has 2 aromatic heterocycles. The van der Waals surface area contributed by atoms with Gasteiger partial charge in [0.05, 0.1) is 12.5 Å². The average Bonchev–Trinajstić information content (AvgIpc) is 2.72. The summed E-state index contributed by atoms with van der Waals surface area (Å²) in [5.41, 5.74) is 0.829. The summed E-state index contributed by atoms with van der Waals surface area (Å²) in [4.78, 5) is 8.19. The first-order valence-corrected chi connectivity index (χ1v) is 4.73. The zero-order valence-electron chi connectivity index (χ0n) is 8.93. The molecule has 0 fully saturated rings. The van der Waals surface area contributed by atoms with Crippen molar-refractivity contribution < 1.29 is 4.52 Å². The van der Waals surface area contributed by atoms with Gasteiger partial charge >= 0.3 is 6.01 Å². The number of imidazole rings is 1. The van der Waals surface area contributed by atoms with Crippen LogP contribution in [0.4, 0.5) is 6.01 Å². The number of aromatic nitrogens is 4. The zero-order chi connectivity index (χ0) is 10.8. The highest BCUT2D eigenvalue weighted by atomic mass is 16.5. The number of anilines is 1. The topological polar surface area (TPSA) is 68.8 Å². The first kappa shape index (κ1) is 9.70. The number of rotatable bonds is 3. The van der Waals surface area contributed by atoms with E-state index in [1.807, 2.05) is 25.5 Å². The third kappa shape index (κ3) is 1.98. The van der Waals surface area contributed by atoms with E-state index in [4.69, 9.17) is 4.52 Å². The number of hydrogen-bond donors (Lipinski definition) is 1. The quantitative estimate of drug-likeness (QED) is 0.821. The van der Waals surface area contributed by atoms with Gasteiger partial charge in [0, 0.05) is 13.1 Å². The Labute approximate surface area is 87.3 Å². The van der Waals surface area contributed by atoms with Crippen LogP contribution in [-0.4, -0.2) is 25.7 Å². The molecule has 0 bridgehead atoms. The zero-order valence-corrected chi connectivity index (χ0v) is 8.93. The maximum Gasteiger partial charge on any atom is 0.322 e. The Kier molecular flexibility index (Phi) is 2.40. The van der Waals surface area contributed by atoms with Crippen molar-refractivity contribution in [1.82, 2.24) is 19.7 Å². The lowest BCUT2D eigenvalue weighted by atomic mass is 10.4. The number of aryl methyl sites for hydroxylation is 1. The van der Waals surface area contributed by atoms with Crippen LogP contribution < -0.4 is 5.32 Å². The van der Waals surface area contributed by atoms with Crippen molar-refractivity contribution in [2.45, 2.75) is 19.9 Å². The molecule has 0 radical (unpaired) electrons. The molecule has 0 spiro atoms. The molecule has 2 heterocycles. The Hall–Kier alpha value is -1.85. The van der Waals surface area contributed by atoms with Crippen LogP contribution in [0.25, 0.3) is 11.5 Å². The van der Waals surface area contributed by atoms with Gasteiger partial charge in [0.15, 0.2) is 0 Å². The maximum absolute atomic E-state index is 5.04. The van der Waals surface area contributed by atoms with Crippen molar-refractivity contribution in [3.8, 4) is 11.5 Å². The highest BCUT2D eigenvalue weighted by Gasteiger charge is 2.11. The van der Waals surface area contributed by atoms with Crippen LogP contribution in [0.2, 0.25) is 0 Å². The molecule has 0 unspecified atom stereocenters. The smallest absolute Gasteiger partial charge is 0.322 e. The third-order valence-electron chi connectivity index (χ3n) is 1.88. The lowest BCUT2D eigenvalue weighted by molar-refractivity contribution is 0.429. The van der Waals surface area contributed by atoms with Crippen LogP contribution in [-0.2, 0) is 7.05 Å². The van der Waals surface area contributed by atoms with Gasteiger partial charge in [-0.2, -0.15) is 4.98 Å². The molecule has 2 aromatic rings. The van der Waals surface area contributed by atoms with Crippen molar-refractivity contribution in [2.24, 2.45) is 7.05 Å². The summed E-state index contributed by atoms with van der Waals surface area (Å²) in [7, 11) is 1.88.